The van der Waals surface area contributed by atoms with E-state index in [9.17, 15) is 4.79 Å². The summed E-state index contributed by atoms with van der Waals surface area (Å²) < 4.78 is 0. The molecule has 0 unspecified atom stereocenters. The second-order valence-corrected chi connectivity index (χ2v) is 3.04. The molecular weight excluding hydrogens is 199 g/mol. The van der Waals surface area contributed by atoms with Crippen molar-refractivity contribution in [2.24, 2.45) is 5.41 Å². The Morgan fingerprint density at radius 2 is 1.67 bits per heavy atom. The quantitative estimate of drug-likeness (QED) is 0.719. The normalized spacial score (nSPS) is 10.5. The van der Waals surface area contributed by atoms with Crippen molar-refractivity contribution in [3.8, 4) is 0 Å². The van der Waals surface area contributed by atoms with Crippen LogP contribution in [0.4, 0.5) is 0 Å². The van der Waals surface area contributed by atoms with Gasteiger partial charge in [-0.2, -0.15) is 0 Å². The van der Waals surface area contributed by atoms with E-state index >= 15 is 0 Å². The average molecular weight is 207 g/mol. The van der Waals surface area contributed by atoms with Crippen molar-refractivity contribution in [3.63, 3.8) is 0 Å². The number of rotatable bonds is 4. The van der Waals surface area contributed by atoms with Crippen LogP contribution >= 0.6 is 23.2 Å². The maximum absolute atomic E-state index is 10.8. The largest absolute Gasteiger partial charge is 0.480 e. The Balaban J connectivity index is 5.33. The van der Waals surface area contributed by atoms with Crippen LogP contribution in [0.25, 0.3) is 0 Å². The summed E-state index contributed by atoms with van der Waals surface area (Å²) in [5, 5.41) is 8.53. The molecule has 0 aliphatic carbocycles. The molecule has 0 fully saturated rings. The summed E-state index contributed by atoms with van der Waals surface area (Å²) in [7, 11) is 0. The van der Waals surface area contributed by atoms with E-state index in [-0.39, 0.29) is 10.1 Å². The van der Waals surface area contributed by atoms with E-state index in [2.05, 4.69) is 19.7 Å². The zero-order valence-electron chi connectivity index (χ0n) is 6.31. The molecule has 0 spiro atoms. The van der Waals surface area contributed by atoms with Crippen LogP contribution in [-0.4, -0.2) is 11.1 Å². The van der Waals surface area contributed by atoms with Gasteiger partial charge in [-0.05, 0) is 0 Å². The summed E-state index contributed by atoms with van der Waals surface area (Å²) in [4.78, 5) is 10.8. The smallest absolute Gasteiger partial charge is 0.324 e. The van der Waals surface area contributed by atoms with E-state index in [0.717, 1.165) is 6.08 Å². The zero-order valence-corrected chi connectivity index (χ0v) is 7.82. The molecule has 0 saturated carbocycles. The average Bonchev–Trinajstić information content (AvgIpc) is 1.86. The van der Waals surface area contributed by atoms with Gasteiger partial charge in [0.1, 0.15) is 0 Å². The van der Waals surface area contributed by atoms with Crippen LogP contribution in [0, 0.1) is 5.41 Å². The first-order valence-electron chi connectivity index (χ1n) is 2.96. The van der Waals surface area contributed by atoms with Crippen molar-refractivity contribution in [2.45, 2.75) is 0 Å². The number of hydrogen-bond donors (Lipinski definition) is 1. The lowest BCUT2D eigenvalue weighted by Gasteiger charge is -2.22. The molecule has 12 heavy (non-hydrogen) atoms. The van der Waals surface area contributed by atoms with E-state index in [1.165, 1.54) is 0 Å². The monoisotopic (exact) mass is 206 g/mol. The second-order valence-electron chi connectivity index (χ2n) is 2.13. The third kappa shape index (κ3) is 1.54. The van der Waals surface area contributed by atoms with Crippen LogP contribution in [0.15, 0.2) is 35.9 Å². The zero-order chi connectivity index (χ0) is 9.94. The van der Waals surface area contributed by atoms with Gasteiger partial charge in [-0.3, -0.25) is 4.79 Å². The predicted octanol–water partition coefficient (Wildman–Crippen LogP) is 2.75. The first-order valence-corrected chi connectivity index (χ1v) is 3.72. The Morgan fingerprint density at radius 1 is 1.33 bits per heavy atom. The van der Waals surface area contributed by atoms with Gasteiger partial charge in [-0.25, -0.2) is 0 Å². The fourth-order valence-corrected chi connectivity index (χ4v) is 1.28. The van der Waals surface area contributed by atoms with Crippen molar-refractivity contribution < 1.29 is 9.90 Å². The minimum Gasteiger partial charge on any atom is -0.480 e. The molecule has 0 atom stereocenters. The van der Waals surface area contributed by atoms with Gasteiger partial charge in [-0.15, -0.1) is 6.58 Å². The molecule has 0 heterocycles. The molecule has 0 aromatic heterocycles. The first kappa shape index (κ1) is 11.3. The molecular formula is C8H8Cl2O2. The molecule has 2 nitrogen and oxygen atoms in total. The minimum absolute atomic E-state index is 0.134. The molecule has 0 aromatic carbocycles. The number of hydrogen-bond acceptors (Lipinski definition) is 1. The van der Waals surface area contributed by atoms with Crippen LogP contribution < -0.4 is 0 Å². The number of carboxylic acid groups (broad SMARTS) is 1. The van der Waals surface area contributed by atoms with Crippen LogP contribution in [0.3, 0.4) is 0 Å². The van der Waals surface area contributed by atoms with Crippen molar-refractivity contribution in [3.05, 3.63) is 35.9 Å². The fourth-order valence-electron chi connectivity index (χ4n) is 0.688. The van der Waals surface area contributed by atoms with Gasteiger partial charge in [-0.1, -0.05) is 42.4 Å². The summed E-state index contributed by atoms with van der Waals surface area (Å²) in [6.45, 7) is 9.94. The van der Waals surface area contributed by atoms with Crippen molar-refractivity contribution in [1.29, 1.82) is 0 Å². The van der Waals surface area contributed by atoms with Crippen LogP contribution in [0.1, 0.15) is 0 Å². The molecule has 0 bridgehead atoms. The van der Waals surface area contributed by atoms with Crippen molar-refractivity contribution in [2.75, 3.05) is 0 Å². The van der Waals surface area contributed by atoms with Crippen LogP contribution in [0.2, 0.25) is 0 Å². The summed E-state index contributed by atoms with van der Waals surface area (Å²) in [6.07, 6.45) is 1.10. The molecule has 0 aliphatic rings. The van der Waals surface area contributed by atoms with E-state index in [0.29, 0.717) is 0 Å². The Hall–Kier alpha value is -0.730. The van der Waals surface area contributed by atoms with Gasteiger partial charge in [0.25, 0.3) is 0 Å². The number of carbonyl (C=O) groups is 1. The molecule has 0 aliphatic heterocycles. The maximum Gasteiger partial charge on any atom is 0.324 e. The summed E-state index contributed by atoms with van der Waals surface area (Å²) >= 11 is 11.0. The van der Waals surface area contributed by atoms with E-state index in [4.69, 9.17) is 28.3 Å². The highest BCUT2D eigenvalue weighted by atomic mass is 35.5. The number of aliphatic carboxylic acids is 1. The van der Waals surface area contributed by atoms with Gasteiger partial charge in [0.05, 0.1) is 0 Å². The third-order valence-corrected chi connectivity index (χ3v) is 2.10. The molecule has 0 amide bonds. The van der Waals surface area contributed by atoms with Crippen molar-refractivity contribution in [1.82, 2.24) is 0 Å². The standard InChI is InChI=1S/C8H8Cl2O2/c1-4-8(5(2)9,6(3)10)7(11)12/h4H,1-3H2,(H,11,12). The Labute approximate surface area is 80.8 Å². The number of halogens is 2. The summed E-state index contributed by atoms with van der Waals surface area (Å²) in [5.74, 6) is -1.24. The molecule has 1 N–H and O–H groups in total. The Kier molecular flexibility index (Phi) is 3.55. The maximum atomic E-state index is 10.8. The SMILES string of the molecule is C=CC(C(=C)Cl)(C(=C)Cl)C(=O)O. The summed E-state index contributed by atoms with van der Waals surface area (Å²) in [6, 6.07) is 0. The molecule has 4 heteroatoms. The second kappa shape index (κ2) is 3.78. The van der Waals surface area contributed by atoms with E-state index in [1.807, 2.05) is 0 Å². The fraction of sp³-hybridized carbons (Fsp3) is 0.125. The van der Waals surface area contributed by atoms with Crippen LogP contribution in [-0.2, 0) is 4.79 Å². The lowest BCUT2D eigenvalue weighted by atomic mass is 9.88. The topological polar surface area (TPSA) is 37.3 Å². The first-order chi connectivity index (χ1) is 5.39. The number of carboxylic acids is 1. The molecule has 0 aromatic rings. The van der Waals surface area contributed by atoms with E-state index in [1.54, 1.807) is 0 Å². The highest BCUT2D eigenvalue weighted by molar-refractivity contribution is 6.38. The van der Waals surface area contributed by atoms with Gasteiger partial charge in [0.2, 0.25) is 0 Å². The molecule has 0 radical (unpaired) electrons. The highest BCUT2D eigenvalue weighted by Gasteiger charge is 2.40. The molecule has 66 valence electrons. The third-order valence-electron chi connectivity index (χ3n) is 1.50. The molecule has 0 rings (SSSR count). The van der Waals surface area contributed by atoms with Gasteiger partial charge < -0.3 is 5.11 Å². The van der Waals surface area contributed by atoms with Crippen LogP contribution in [0.5, 0.6) is 0 Å². The summed E-state index contributed by atoms with van der Waals surface area (Å²) in [5.41, 5.74) is -1.64. The predicted molar refractivity (Wildman–Crippen MR) is 50.3 cm³/mol. The van der Waals surface area contributed by atoms with Gasteiger partial charge in [0, 0.05) is 10.1 Å². The van der Waals surface area contributed by atoms with Gasteiger partial charge >= 0.3 is 5.97 Å². The minimum atomic E-state index is -1.64. The highest BCUT2D eigenvalue weighted by Crippen LogP contribution is 2.39. The Bertz CT molecular complexity index is 220. The lowest BCUT2D eigenvalue weighted by molar-refractivity contribution is -0.141. The lowest BCUT2D eigenvalue weighted by Crippen LogP contribution is -2.28. The van der Waals surface area contributed by atoms with Gasteiger partial charge in [0.15, 0.2) is 5.41 Å². The molecule has 0 saturated heterocycles. The van der Waals surface area contributed by atoms with E-state index < -0.39 is 11.4 Å². The van der Waals surface area contributed by atoms with Crippen molar-refractivity contribution >= 4 is 29.2 Å². The Morgan fingerprint density at radius 3 is 1.67 bits per heavy atom.